The maximum atomic E-state index is 12.1. The fourth-order valence-corrected chi connectivity index (χ4v) is 4.91. The predicted molar refractivity (Wildman–Crippen MR) is 80.4 cm³/mol. The van der Waals surface area contributed by atoms with Gasteiger partial charge in [-0.15, -0.1) is 11.3 Å². The van der Waals surface area contributed by atoms with Crippen LogP contribution in [0.2, 0.25) is 0 Å². The van der Waals surface area contributed by atoms with E-state index in [1.807, 2.05) is 24.3 Å². The van der Waals surface area contributed by atoms with Gasteiger partial charge in [-0.2, -0.15) is 0 Å². The largest absolute Gasteiger partial charge is 0.326 e. The number of hydrogen-bond donors (Lipinski definition) is 2. The van der Waals surface area contributed by atoms with Crippen molar-refractivity contribution in [1.82, 2.24) is 4.72 Å². The van der Waals surface area contributed by atoms with E-state index in [-0.39, 0.29) is 6.54 Å². The highest BCUT2D eigenvalue weighted by atomic mass is 79.9. The molecule has 0 aliphatic heterocycles. The van der Waals surface area contributed by atoms with E-state index < -0.39 is 10.0 Å². The summed E-state index contributed by atoms with van der Waals surface area (Å²) in [5, 5.41) is 1.73. The summed E-state index contributed by atoms with van der Waals surface area (Å²) in [4.78, 5) is 0. The molecule has 4 nitrogen and oxygen atoms in total. The van der Waals surface area contributed by atoms with E-state index in [2.05, 4.69) is 20.7 Å². The van der Waals surface area contributed by atoms with Crippen molar-refractivity contribution in [2.24, 2.45) is 5.73 Å². The normalized spacial score (nSPS) is 11.7. The molecule has 0 saturated heterocycles. The highest BCUT2D eigenvalue weighted by Crippen LogP contribution is 2.27. The molecule has 102 valence electrons. The van der Waals surface area contributed by atoms with Gasteiger partial charge in [0.25, 0.3) is 10.0 Å². The Morgan fingerprint density at radius 2 is 1.79 bits per heavy atom. The molecule has 2 aromatic rings. The summed E-state index contributed by atoms with van der Waals surface area (Å²) in [7, 11) is -3.46. The summed E-state index contributed by atoms with van der Waals surface area (Å²) in [5.41, 5.74) is 7.43. The Morgan fingerprint density at radius 3 is 2.32 bits per heavy atom. The van der Waals surface area contributed by atoms with Gasteiger partial charge in [-0.3, -0.25) is 0 Å². The molecule has 2 rings (SSSR count). The monoisotopic (exact) mass is 360 g/mol. The molecule has 0 radical (unpaired) electrons. The number of nitrogens with two attached hydrogens (primary N) is 1. The van der Waals surface area contributed by atoms with Crippen LogP contribution >= 0.6 is 27.3 Å². The van der Waals surface area contributed by atoms with E-state index in [9.17, 15) is 8.42 Å². The Morgan fingerprint density at radius 1 is 1.16 bits per heavy atom. The van der Waals surface area contributed by atoms with Crippen molar-refractivity contribution >= 4 is 37.3 Å². The van der Waals surface area contributed by atoms with Crippen molar-refractivity contribution in [3.8, 4) is 0 Å². The third-order valence-electron chi connectivity index (χ3n) is 2.55. The van der Waals surface area contributed by atoms with E-state index in [1.54, 1.807) is 11.4 Å². The molecule has 0 unspecified atom stereocenters. The van der Waals surface area contributed by atoms with Gasteiger partial charge < -0.3 is 5.73 Å². The van der Waals surface area contributed by atoms with Gasteiger partial charge in [-0.25, -0.2) is 13.1 Å². The summed E-state index contributed by atoms with van der Waals surface area (Å²) in [5.74, 6) is 0. The maximum Gasteiger partial charge on any atom is 0.251 e. The van der Waals surface area contributed by atoms with Gasteiger partial charge in [-0.05, 0) is 38.5 Å². The topological polar surface area (TPSA) is 72.2 Å². The zero-order valence-corrected chi connectivity index (χ0v) is 13.2. The van der Waals surface area contributed by atoms with E-state index >= 15 is 0 Å². The van der Waals surface area contributed by atoms with Crippen LogP contribution in [0.5, 0.6) is 0 Å². The molecule has 0 atom stereocenters. The third-order valence-corrected chi connectivity index (χ3v) is 6.62. The van der Waals surface area contributed by atoms with Crippen LogP contribution in [0.3, 0.4) is 0 Å². The molecule has 0 fully saturated rings. The van der Waals surface area contributed by atoms with Gasteiger partial charge in [0.2, 0.25) is 0 Å². The van der Waals surface area contributed by atoms with Crippen LogP contribution in [-0.4, -0.2) is 8.42 Å². The number of sulfonamides is 1. The van der Waals surface area contributed by atoms with Crippen LogP contribution in [0.4, 0.5) is 0 Å². The number of nitrogens with one attached hydrogen (secondary N) is 1. The molecule has 3 N–H and O–H groups in total. The smallest absolute Gasteiger partial charge is 0.251 e. The molecule has 7 heteroatoms. The molecule has 1 aromatic heterocycles. The number of halogens is 1. The van der Waals surface area contributed by atoms with Crippen molar-refractivity contribution in [3.63, 3.8) is 0 Å². The van der Waals surface area contributed by atoms with Crippen LogP contribution < -0.4 is 10.5 Å². The van der Waals surface area contributed by atoms with Crippen LogP contribution in [0, 0.1) is 0 Å². The molecule has 0 bridgehead atoms. The average Bonchev–Trinajstić information content (AvgIpc) is 2.84. The quantitative estimate of drug-likeness (QED) is 0.859. The lowest BCUT2D eigenvalue weighted by molar-refractivity contribution is 0.583. The lowest BCUT2D eigenvalue weighted by atomic mass is 10.1. The van der Waals surface area contributed by atoms with E-state index in [0.29, 0.717) is 15.2 Å². The van der Waals surface area contributed by atoms with Crippen molar-refractivity contribution < 1.29 is 8.42 Å². The Bertz CT molecular complexity index is 651. The summed E-state index contributed by atoms with van der Waals surface area (Å²) in [6, 6.07) is 9.24. The van der Waals surface area contributed by atoms with Crippen molar-refractivity contribution in [1.29, 1.82) is 0 Å². The van der Waals surface area contributed by atoms with Gasteiger partial charge in [0.05, 0.1) is 0 Å². The first kappa shape index (κ1) is 14.7. The first-order chi connectivity index (χ1) is 9.03. The lowest BCUT2D eigenvalue weighted by Crippen LogP contribution is -2.22. The molecule has 1 aromatic carbocycles. The van der Waals surface area contributed by atoms with E-state index in [0.717, 1.165) is 11.1 Å². The average molecular weight is 361 g/mol. The van der Waals surface area contributed by atoms with Crippen molar-refractivity contribution in [3.05, 3.63) is 51.3 Å². The molecule has 1 heterocycles. The summed E-state index contributed by atoms with van der Waals surface area (Å²) >= 11 is 4.41. The first-order valence-corrected chi connectivity index (χ1v) is 8.69. The summed E-state index contributed by atoms with van der Waals surface area (Å²) in [6.07, 6.45) is 0. The standard InChI is InChI=1S/C12H13BrN2O2S2/c13-11-5-6-18-12(11)19(16,17)15-8-10-3-1-9(7-14)2-4-10/h1-6,15H,7-8,14H2. The van der Waals surface area contributed by atoms with Gasteiger partial charge in [-0.1, -0.05) is 24.3 Å². The Balaban J connectivity index is 2.07. The number of thiophene rings is 1. The lowest BCUT2D eigenvalue weighted by Gasteiger charge is -2.06. The van der Waals surface area contributed by atoms with Gasteiger partial charge in [0, 0.05) is 17.6 Å². The minimum Gasteiger partial charge on any atom is -0.326 e. The Hall–Kier alpha value is -0.730. The van der Waals surface area contributed by atoms with Crippen LogP contribution in [0.1, 0.15) is 11.1 Å². The van der Waals surface area contributed by atoms with Gasteiger partial charge >= 0.3 is 0 Å². The third kappa shape index (κ3) is 3.64. The fourth-order valence-electron chi connectivity index (χ4n) is 1.51. The molecule has 0 aliphatic rings. The molecule has 0 amide bonds. The highest BCUT2D eigenvalue weighted by Gasteiger charge is 2.18. The number of benzene rings is 1. The maximum absolute atomic E-state index is 12.1. The van der Waals surface area contributed by atoms with E-state index in [1.165, 1.54) is 11.3 Å². The number of rotatable bonds is 5. The van der Waals surface area contributed by atoms with E-state index in [4.69, 9.17) is 5.73 Å². The minimum atomic E-state index is -3.46. The molecule has 19 heavy (non-hydrogen) atoms. The zero-order valence-electron chi connectivity index (χ0n) is 9.97. The van der Waals surface area contributed by atoms with Crippen LogP contribution in [0.15, 0.2) is 44.4 Å². The highest BCUT2D eigenvalue weighted by molar-refractivity contribution is 9.10. The Labute approximate surface area is 124 Å². The minimum absolute atomic E-state index is 0.261. The number of hydrogen-bond acceptors (Lipinski definition) is 4. The zero-order chi connectivity index (χ0) is 13.9. The second-order valence-electron chi connectivity index (χ2n) is 3.90. The second-order valence-corrected chi connectivity index (χ2v) is 7.63. The molecule has 0 spiro atoms. The van der Waals surface area contributed by atoms with Crippen molar-refractivity contribution in [2.75, 3.05) is 0 Å². The molecular formula is C12H13BrN2O2S2. The first-order valence-electron chi connectivity index (χ1n) is 5.53. The van der Waals surface area contributed by atoms with Crippen LogP contribution in [0.25, 0.3) is 0 Å². The fraction of sp³-hybridized carbons (Fsp3) is 0.167. The van der Waals surface area contributed by atoms with Crippen LogP contribution in [-0.2, 0) is 23.1 Å². The molecular weight excluding hydrogens is 348 g/mol. The van der Waals surface area contributed by atoms with Crippen molar-refractivity contribution in [2.45, 2.75) is 17.3 Å². The predicted octanol–water partition coefficient (Wildman–Crippen LogP) is 2.45. The summed E-state index contributed by atoms with van der Waals surface area (Å²) in [6.45, 7) is 0.742. The molecule has 0 saturated carbocycles. The molecule has 0 aliphatic carbocycles. The SMILES string of the molecule is NCc1ccc(CNS(=O)(=O)c2sccc2Br)cc1. The van der Waals surface area contributed by atoms with Gasteiger partial charge in [0.15, 0.2) is 0 Å². The van der Waals surface area contributed by atoms with Gasteiger partial charge in [0.1, 0.15) is 4.21 Å². The Kier molecular flexibility index (Phi) is 4.75. The summed E-state index contributed by atoms with van der Waals surface area (Å²) < 4.78 is 27.6. The second kappa shape index (κ2) is 6.15.